The van der Waals surface area contributed by atoms with E-state index in [2.05, 4.69) is 60.1 Å². The van der Waals surface area contributed by atoms with Crippen LogP contribution in [0.5, 0.6) is 5.75 Å². The Kier molecular flexibility index (Phi) is 5.48. The molecule has 1 saturated heterocycles. The summed E-state index contributed by atoms with van der Waals surface area (Å²) in [5.41, 5.74) is 1.61. The van der Waals surface area contributed by atoms with E-state index in [0.29, 0.717) is 0 Å². The van der Waals surface area contributed by atoms with Crippen LogP contribution in [0, 0.1) is 0 Å². The van der Waals surface area contributed by atoms with Crippen molar-refractivity contribution in [3.8, 4) is 5.75 Å². The van der Waals surface area contributed by atoms with Gasteiger partial charge in [0.2, 0.25) is 0 Å². The molecule has 1 aromatic carbocycles. The molecule has 0 aromatic heterocycles. The normalized spacial score (nSPS) is 29.8. The summed E-state index contributed by atoms with van der Waals surface area (Å²) in [5.74, 6) is 0.943. The Labute approximate surface area is 147 Å². The molecule has 1 saturated carbocycles. The van der Waals surface area contributed by atoms with Crippen molar-refractivity contribution in [2.45, 2.75) is 37.3 Å². The maximum absolute atomic E-state index is 5.33. The number of hydrogen-bond acceptors (Lipinski definition) is 4. The average Bonchev–Trinajstić information content (AvgIpc) is 2.62. The molecular formula is C20H33N3O. The molecule has 4 nitrogen and oxygen atoms in total. The lowest BCUT2D eigenvalue weighted by Gasteiger charge is -2.48. The van der Waals surface area contributed by atoms with Gasteiger partial charge < -0.3 is 9.64 Å². The summed E-state index contributed by atoms with van der Waals surface area (Å²) in [5, 5.41) is 0. The predicted octanol–water partition coefficient (Wildman–Crippen LogP) is 2.64. The van der Waals surface area contributed by atoms with Crippen LogP contribution in [0.1, 0.15) is 31.2 Å². The molecule has 0 spiro atoms. The Hall–Kier alpha value is -1.10. The zero-order valence-corrected chi connectivity index (χ0v) is 15.8. The molecule has 0 bridgehead atoms. The zero-order valence-electron chi connectivity index (χ0n) is 15.8. The van der Waals surface area contributed by atoms with E-state index in [0.717, 1.165) is 11.8 Å². The number of hydrogen-bond donors (Lipinski definition) is 0. The SMILES string of the molecule is COc1ccc(C2(N(C)C)CCC(N3CCN(C)CC3)CC2)cc1. The fourth-order valence-corrected chi connectivity index (χ4v) is 4.53. The first-order valence-electron chi connectivity index (χ1n) is 9.30. The molecule has 0 atom stereocenters. The van der Waals surface area contributed by atoms with Gasteiger partial charge in [-0.2, -0.15) is 0 Å². The number of likely N-dealkylation sites (N-methyl/N-ethyl adjacent to an activating group) is 1. The summed E-state index contributed by atoms with van der Waals surface area (Å²) in [6.45, 7) is 4.90. The van der Waals surface area contributed by atoms with Crippen molar-refractivity contribution in [1.29, 1.82) is 0 Å². The second-order valence-corrected chi connectivity index (χ2v) is 7.72. The molecule has 0 unspecified atom stereocenters. The largest absolute Gasteiger partial charge is 0.497 e. The van der Waals surface area contributed by atoms with E-state index in [1.165, 1.54) is 57.4 Å². The minimum Gasteiger partial charge on any atom is -0.497 e. The maximum Gasteiger partial charge on any atom is 0.118 e. The molecule has 0 N–H and O–H groups in total. The Bertz CT molecular complexity index is 512. The topological polar surface area (TPSA) is 19.0 Å². The van der Waals surface area contributed by atoms with Crippen LogP contribution in [0.4, 0.5) is 0 Å². The van der Waals surface area contributed by atoms with E-state index in [1.54, 1.807) is 7.11 Å². The van der Waals surface area contributed by atoms with Crippen LogP contribution in [0.25, 0.3) is 0 Å². The van der Waals surface area contributed by atoms with Crippen molar-refractivity contribution in [3.05, 3.63) is 29.8 Å². The standard InChI is InChI=1S/C20H33N3O/c1-21(2)20(17-5-7-19(24-4)8-6-17)11-9-18(10-12-20)23-15-13-22(3)14-16-23/h5-8,18H,9-16H2,1-4H3. The van der Waals surface area contributed by atoms with E-state index >= 15 is 0 Å². The number of methoxy groups -OCH3 is 1. The van der Waals surface area contributed by atoms with Gasteiger partial charge in [-0.15, -0.1) is 0 Å². The van der Waals surface area contributed by atoms with Crippen LogP contribution < -0.4 is 4.74 Å². The minimum absolute atomic E-state index is 0.176. The third-order valence-electron chi connectivity index (χ3n) is 6.32. The van der Waals surface area contributed by atoms with Crippen molar-refractivity contribution < 1.29 is 4.74 Å². The first-order valence-corrected chi connectivity index (χ1v) is 9.30. The molecule has 24 heavy (non-hydrogen) atoms. The fraction of sp³-hybridized carbons (Fsp3) is 0.700. The smallest absolute Gasteiger partial charge is 0.118 e. The first-order chi connectivity index (χ1) is 11.5. The molecule has 2 fully saturated rings. The highest BCUT2D eigenvalue weighted by molar-refractivity contribution is 5.32. The van der Waals surface area contributed by atoms with E-state index in [4.69, 9.17) is 4.74 Å². The molecule has 0 radical (unpaired) electrons. The molecular weight excluding hydrogens is 298 g/mol. The van der Waals surface area contributed by atoms with Crippen LogP contribution in [-0.2, 0) is 5.54 Å². The fourth-order valence-electron chi connectivity index (χ4n) is 4.53. The van der Waals surface area contributed by atoms with E-state index in [1.807, 2.05) is 0 Å². The summed E-state index contributed by atoms with van der Waals surface area (Å²) in [7, 11) is 8.44. The Morgan fingerprint density at radius 2 is 1.58 bits per heavy atom. The third-order valence-corrected chi connectivity index (χ3v) is 6.32. The summed E-state index contributed by atoms with van der Waals surface area (Å²) in [6, 6.07) is 9.50. The van der Waals surface area contributed by atoms with Gasteiger partial charge in [-0.05, 0) is 64.5 Å². The van der Waals surface area contributed by atoms with Crippen LogP contribution >= 0.6 is 0 Å². The Morgan fingerprint density at radius 3 is 2.08 bits per heavy atom. The quantitative estimate of drug-likeness (QED) is 0.844. The van der Waals surface area contributed by atoms with Gasteiger partial charge in [-0.3, -0.25) is 9.80 Å². The number of rotatable bonds is 4. The number of nitrogens with zero attached hydrogens (tertiary/aromatic N) is 3. The van der Waals surface area contributed by atoms with Crippen molar-refractivity contribution in [2.75, 3.05) is 54.4 Å². The van der Waals surface area contributed by atoms with Gasteiger partial charge in [-0.1, -0.05) is 12.1 Å². The Balaban J connectivity index is 1.69. The average molecular weight is 332 g/mol. The summed E-state index contributed by atoms with van der Waals surface area (Å²) >= 11 is 0. The van der Waals surface area contributed by atoms with E-state index < -0.39 is 0 Å². The predicted molar refractivity (Wildman–Crippen MR) is 99.7 cm³/mol. The van der Waals surface area contributed by atoms with Crippen molar-refractivity contribution in [1.82, 2.24) is 14.7 Å². The van der Waals surface area contributed by atoms with Crippen molar-refractivity contribution in [2.24, 2.45) is 0 Å². The highest BCUT2D eigenvalue weighted by Gasteiger charge is 2.40. The number of benzene rings is 1. The van der Waals surface area contributed by atoms with Gasteiger partial charge in [0.15, 0.2) is 0 Å². The van der Waals surface area contributed by atoms with Crippen molar-refractivity contribution in [3.63, 3.8) is 0 Å². The van der Waals surface area contributed by atoms with Gasteiger partial charge in [-0.25, -0.2) is 0 Å². The summed E-state index contributed by atoms with van der Waals surface area (Å²) < 4.78 is 5.33. The number of ether oxygens (including phenoxy) is 1. The van der Waals surface area contributed by atoms with Crippen LogP contribution in [0.3, 0.4) is 0 Å². The summed E-state index contributed by atoms with van der Waals surface area (Å²) in [6.07, 6.45) is 5.08. The molecule has 3 rings (SSSR count). The zero-order chi connectivity index (χ0) is 17.2. The molecule has 1 aliphatic carbocycles. The lowest BCUT2D eigenvalue weighted by molar-refractivity contribution is 0.0314. The molecule has 1 aliphatic heterocycles. The number of piperazine rings is 1. The highest BCUT2D eigenvalue weighted by Crippen LogP contribution is 2.42. The molecule has 0 amide bonds. The van der Waals surface area contributed by atoms with Gasteiger partial charge in [0.05, 0.1) is 7.11 Å². The maximum atomic E-state index is 5.33. The van der Waals surface area contributed by atoms with Crippen LogP contribution in [0.15, 0.2) is 24.3 Å². The second-order valence-electron chi connectivity index (χ2n) is 7.72. The van der Waals surface area contributed by atoms with Gasteiger partial charge in [0.25, 0.3) is 0 Å². The Morgan fingerprint density at radius 1 is 1.00 bits per heavy atom. The lowest BCUT2D eigenvalue weighted by Crippen LogP contribution is -2.53. The molecule has 134 valence electrons. The second kappa shape index (κ2) is 7.42. The first kappa shape index (κ1) is 17.7. The minimum atomic E-state index is 0.176. The van der Waals surface area contributed by atoms with E-state index in [9.17, 15) is 0 Å². The summed E-state index contributed by atoms with van der Waals surface area (Å²) in [4.78, 5) is 7.61. The van der Waals surface area contributed by atoms with Gasteiger partial charge >= 0.3 is 0 Å². The molecule has 4 heteroatoms. The monoisotopic (exact) mass is 331 g/mol. The molecule has 1 aromatic rings. The highest BCUT2D eigenvalue weighted by atomic mass is 16.5. The van der Waals surface area contributed by atoms with E-state index in [-0.39, 0.29) is 5.54 Å². The van der Waals surface area contributed by atoms with Crippen molar-refractivity contribution >= 4 is 0 Å². The van der Waals surface area contributed by atoms with Crippen LogP contribution in [-0.4, -0.2) is 75.2 Å². The van der Waals surface area contributed by atoms with Gasteiger partial charge in [0, 0.05) is 37.8 Å². The van der Waals surface area contributed by atoms with Crippen LogP contribution in [0.2, 0.25) is 0 Å². The molecule has 1 heterocycles. The lowest BCUT2D eigenvalue weighted by atomic mass is 9.73. The van der Waals surface area contributed by atoms with Gasteiger partial charge in [0.1, 0.15) is 5.75 Å². The molecule has 2 aliphatic rings. The third kappa shape index (κ3) is 3.46.